The molecule has 1 aliphatic rings. The average molecular weight is 393 g/mol. The zero-order valence-corrected chi connectivity index (χ0v) is 16.8. The van der Waals surface area contributed by atoms with Crippen LogP contribution in [0.5, 0.6) is 0 Å². The second-order valence-electron chi connectivity index (χ2n) is 7.71. The number of unbranched alkanes of at least 4 members (excludes halogenated alkanes) is 2. The monoisotopic (exact) mass is 392 g/mol. The van der Waals surface area contributed by atoms with Crippen molar-refractivity contribution < 1.29 is 9.90 Å². The molecule has 29 heavy (non-hydrogen) atoms. The third kappa shape index (κ3) is 3.92. The van der Waals surface area contributed by atoms with Crippen molar-refractivity contribution in [3.63, 3.8) is 0 Å². The molecule has 152 valence electrons. The molecule has 0 fully saturated rings. The van der Waals surface area contributed by atoms with Crippen LogP contribution in [-0.2, 0) is 11.3 Å². The minimum Gasteiger partial charge on any atom is -0.503 e. The van der Waals surface area contributed by atoms with E-state index in [1.165, 1.54) is 0 Å². The highest BCUT2D eigenvalue weighted by atomic mass is 16.3. The first-order valence-electron chi connectivity index (χ1n) is 10.4. The van der Waals surface area contributed by atoms with Gasteiger partial charge in [-0.1, -0.05) is 25.8 Å². The first kappa shape index (κ1) is 19.3. The van der Waals surface area contributed by atoms with Gasteiger partial charge in [0.25, 0.3) is 5.91 Å². The Bertz CT molecular complexity index is 1000. The molecule has 0 spiro atoms. The number of nitrogens with one attached hydrogen (secondary N) is 1. The van der Waals surface area contributed by atoms with Gasteiger partial charge in [0.1, 0.15) is 0 Å². The lowest BCUT2D eigenvalue weighted by atomic mass is 9.94. The number of benzene rings is 1. The minimum absolute atomic E-state index is 0.0529. The maximum atomic E-state index is 12.9. The number of carbonyl (C=O) groups excluding carboxylic acids is 1. The molecule has 6 heteroatoms. The largest absolute Gasteiger partial charge is 0.503 e. The number of nitrogens with zero attached hydrogens (tertiary/aromatic N) is 3. The van der Waals surface area contributed by atoms with Crippen molar-refractivity contribution in [1.29, 1.82) is 0 Å². The summed E-state index contributed by atoms with van der Waals surface area (Å²) in [7, 11) is 0. The van der Waals surface area contributed by atoms with Crippen molar-refractivity contribution in [3.05, 3.63) is 66.1 Å². The maximum absolute atomic E-state index is 12.9. The SMILES string of the molecule is CCCCCC1=C(O)C(=O)N(CCCn2ccnc2)C1c1ccc2[nH]ccc2c1. The molecular formula is C23H28N4O2. The van der Waals surface area contributed by atoms with E-state index in [0.717, 1.165) is 60.7 Å². The predicted molar refractivity (Wildman–Crippen MR) is 113 cm³/mol. The molecule has 1 atom stereocenters. The molecule has 2 N–H and O–H groups in total. The Kier molecular flexibility index (Phi) is 5.69. The van der Waals surface area contributed by atoms with Gasteiger partial charge in [-0.25, -0.2) is 4.98 Å². The van der Waals surface area contributed by atoms with Crippen molar-refractivity contribution in [2.24, 2.45) is 0 Å². The summed E-state index contributed by atoms with van der Waals surface area (Å²) in [6.45, 7) is 3.54. The molecule has 1 unspecified atom stereocenters. The highest BCUT2D eigenvalue weighted by molar-refractivity contribution is 5.95. The fraction of sp³-hybridized carbons (Fsp3) is 0.391. The number of aromatic amines is 1. The van der Waals surface area contributed by atoms with Crippen LogP contribution in [0.1, 0.15) is 50.6 Å². The summed E-state index contributed by atoms with van der Waals surface area (Å²) in [5, 5.41) is 11.8. The number of fused-ring (bicyclic) bond motifs is 1. The molecular weight excluding hydrogens is 364 g/mol. The summed E-state index contributed by atoms with van der Waals surface area (Å²) >= 11 is 0. The summed E-state index contributed by atoms with van der Waals surface area (Å²) in [5.74, 6) is -0.302. The molecule has 3 aromatic rings. The van der Waals surface area contributed by atoms with Gasteiger partial charge >= 0.3 is 0 Å². The lowest BCUT2D eigenvalue weighted by molar-refractivity contribution is -0.129. The summed E-state index contributed by atoms with van der Waals surface area (Å²) in [6.07, 6.45) is 12.1. The van der Waals surface area contributed by atoms with Crippen molar-refractivity contribution >= 4 is 16.8 Å². The molecule has 2 aromatic heterocycles. The van der Waals surface area contributed by atoms with E-state index < -0.39 is 0 Å². The first-order chi connectivity index (χ1) is 14.2. The standard InChI is InChI=1S/C23H28N4O2/c1-2-3-4-6-19-21(18-7-8-20-17(15-18)9-10-25-20)27(23(29)22(19)28)13-5-12-26-14-11-24-16-26/h7-11,14-16,21,25,28H,2-6,12-13H2,1H3. The summed E-state index contributed by atoms with van der Waals surface area (Å²) in [5.41, 5.74) is 3.00. The number of aromatic nitrogens is 3. The van der Waals surface area contributed by atoms with Gasteiger partial charge in [0, 0.05) is 42.8 Å². The topological polar surface area (TPSA) is 74.2 Å². The number of carbonyl (C=O) groups is 1. The molecule has 0 saturated heterocycles. The highest BCUT2D eigenvalue weighted by Crippen LogP contribution is 2.40. The van der Waals surface area contributed by atoms with Gasteiger partial charge in [-0.15, -0.1) is 0 Å². The van der Waals surface area contributed by atoms with E-state index in [2.05, 4.69) is 35.1 Å². The van der Waals surface area contributed by atoms with Gasteiger partial charge in [0.2, 0.25) is 0 Å². The number of aliphatic hydroxyl groups is 1. The van der Waals surface area contributed by atoms with Gasteiger partial charge < -0.3 is 19.6 Å². The van der Waals surface area contributed by atoms with Crippen LogP contribution in [0.4, 0.5) is 0 Å². The van der Waals surface area contributed by atoms with E-state index in [-0.39, 0.29) is 17.7 Å². The van der Waals surface area contributed by atoms with E-state index in [1.807, 2.05) is 27.9 Å². The summed E-state index contributed by atoms with van der Waals surface area (Å²) in [6, 6.07) is 8.10. The predicted octanol–water partition coefficient (Wildman–Crippen LogP) is 4.73. The summed E-state index contributed by atoms with van der Waals surface area (Å²) in [4.78, 5) is 22.1. The van der Waals surface area contributed by atoms with Gasteiger partial charge in [0.15, 0.2) is 5.76 Å². The lowest BCUT2D eigenvalue weighted by Crippen LogP contribution is -2.32. The van der Waals surface area contributed by atoms with Gasteiger partial charge in [0.05, 0.1) is 12.4 Å². The van der Waals surface area contributed by atoms with Crippen LogP contribution in [0.25, 0.3) is 10.9 Å². The number of aryl methyl sites for hydroxylation is 1. The average Bonchev–Trinajstić information content (AvgIpc) is 3.45. The number of aliphatic hydroxyl groups excluding tert-OH is 1. The van der Waals surface area contributed by atoms with E-state index in [0.29, 0.717) is 6.54 Å². The molecule has 0 saturated carbocycles. The molecule has 1 aromatic carbocycles. The van der Waals surface area contributed by atoms with Gasteiger partial charge in [-0.2, -0.15) is 0 Å². The number of rotatable bonds is 9. The van der Waals surface area contributed by atoms with Gasteiger partial charge in [-0.3, -0.25) is 4.79 Å². The van der Waals surface area contributed by atoms with Crippen LogP contribution < -0.4 is 0 Å². The Labute approximate surface area is 170 Å². The second kappa shape index (κ2) is 8.55. The maximum Gasteiger partial charge on any atom is 0.289 e. The Hall–Kier alpha value is -3.02. The van der Waals surface area contributed by atoms with Crippen molar-refractivity contribution in [2.45, 2.75) is 51.6 Å². The Morgan fingerprint density at radius 1 is 1.17 bits per heavy atom. The van der Waals surface area contributed by atoms with Gasteiger partial charge in [-0.05, 0) is 48.4 Å². The Morgan fingerprint density at radius 2 is 2.07 bits per heavy atom. The van der Waals surface area contributed by atoms with Crippen LogP contribution in [0.2, 0.25) is 0 Å². The zero-order valence-electron chi connectivity index (χ0n) is 16.8. The number of amides is 1. The number of H-pyrrole nitrogens is 1. The van der Waals surface area contributed by atoms with Crippen LogP contribution in [0, 0.1) is 0 Å². The molecule has 1 aliphatic heterocycles. The Balaban J connectivity index is 1.60. The smallest absolute Gasteiger partial charge is 0.289 e. The zero-order chi connectivity index (χ0) is 20.2. The molecule has 4 rings (SSSR count). The van der Waals surface area contributed by atoms with E-state index in [1.54, 1.807) is 12.5 Å². The van der Waals surface area contributed by atoms with E-state index >= 15 is 0 Å². The fourth-order valence-corrected chi connectivity index (χ4v) is 4.23. The quantitative estimate of drug-likeness (QED) is 0.517. The van der Waals surface area contributed by atoms with Crippen LogP contribution in [-0.4, -0.2) is 37.0 Å². The van der Waals surface area contributed by atoms with Crippen molar-refractivity contribution in [2.75, 3.05) is 6.54 Å². The highest BCUT2D eigenvalue weighted by Gasteiger charge is 2.39. The Morgan fingerprint density at radius 3 is 2.86 bits per heavy atom. The fourth-order valence-electron chi connectivity index (χ4n) is 4.23. The lowest BCUT2D eigenvalue weighted by Gasteiger charge is -2.27. The summed E-state index contributed by atoms with van der Waals surface area (Å²) < 4.78 is 2.01. The van der Waals surface area contributed by atoms with Crippen LogP contribution in [0.15, 0.2) is 60.5 Å². The number of hydrogen-bond acceptors (Lipinski definition) is 3. The van der Waals surface area contributed by atoms with Crippen molar-refractivity contribution in [3.8, 4) is 0 Å². The molecule has 0 bridgehead atoms. The molecule has 3 heterocycles. The molecule has 6 nitrogen and oxygen atoms in total. The third-order valence-electron chi connectivity index (χ3n) is 5.73. The third-order valence-corrected chi connectivity index (χ3v) is 5.73. The van der Waals surface area contributed by atoms with E-state index in [4.69, 9.17) is 0 Å². The molecule has 0 radical (unpaired) electrons. The molecule has 1 amide bonds. The number of imidazole rings is 1. The first-order valence-corrected chi connectivity index (χ1v) is 10.4. The second-order valence-corrected chi connectivity index (χ2v) is 7.71. The van der Waals surface area contributed by atoms with E-state index in [9.17, 15) is 9.90 Å². The number of hydrogen-bond donors (Lipinski definition) is 2. The van der Waals surface area contributed by atoms with Crippen molar-refractivity contribution in [1.82, 2.24) is 19.4 Å². The molecule has 0 aliphatic carbocycles. The van der Waals surface area contributed by atoms with Crippen LogP contribution in [0.3, 0.4) is 0 Å². The van der Waals surface area contributed by atoms with Crippen LogP contribution >= 0.6 is 0 Å². The normalized spacial score (nSPS) is 17.1. The minimum atomic E-state index is -0.249.